The van der Waals surface area contributed by atoms with E-state index in [2.05, 4.69) is 33.8 Å². The van der Waals surface area contributed by atoms with Gasteiger partial charge in [0.25, 0.3) is 0 Å². The van der Waals surface area contributed by atoms with Gasteiger partial charge in [0.15, 0.2) is 11.5 Å². The number of hydrogen-bond donors (Lipinski definition) is 0. The molecule has 22 heavy (non-hydrogen) atoms. The van der Waals surface area contributed by atoms with Crippen molar-refractivity contribution in [2.24, 2.45) is 17.3 Å². The van der Waals surface area contributed by atoms with Crippen LogP contribution < -0.4 is 9.47 Å². The molecule has 0 N–H and O–H groups in total. The van der Waals surface area contributed by atoms with Crippen molar-refractivity contribution in [3.05, 3.63) is 34.4 Å². The molecule has 1 saturated carbocycles. The maximum absolute atomic E-state index is 6.27. The van der Waals surface area contributed by atoms with Gasteiger partial charge in [0.1, 0.15) is 0 Å². The first-order chi connectivity index (χ1) is 10.4. The van der Waals surface area contributed by atoms with Gasteiger partial charge < -0.3 is 14.2 Å². The predicted octanol–water partition coefficient (Wildman–Crippen LogP) is 4.82. The van der Waals surface area contributed by atoms with E-state index in [4.69, 9.17) is 25.8 Å². The van der Waals surface area contributed by atoms with Crippen LogP contribution in [0.2, 0.25) is 5.02 Å². The number of fused-ring (bicyclic) bond motifs is 1. The summed E-state index contributed by atoms with van der Waals surface area (Å²) in [7, 11) is 0. The Balaban J connectivity index is 1.57. The molecule has 0 bridgehead atoms. The molecule has 3 rings (SSSR count). The second-order valence-corrected chi connectivity index (χ2v) is 7.42. The van der Waals surface area contributed by atoms with E-state index in [9.17, 15) is 0 Å². The van der Waals surface area contributed by atoms with Gasteiger partial charge in [-0.3, -0.25) is 0 Å². The fraction of sp³-hybridized carbons (Fsp3) is 0.556. The average molecular weight is 323 g/mol. The van der Waals surface area contributed by atoms with E-state index in [0.717, 1.165) is 17.9 Å². The number of rotatable bonds is 5. The second kappa shape index (κ2) is 5.78. The molecule has 1 fully saturated rings. The molecule has 1 aromatic rings. The Morgan fingerprint density at radius 3 is 2.68 bits per heavy atom. The van der Waals surface area contributed by atoms with Crippen LogP contribution in [0.1, 0.15) is 33.3 Å². The topological polar surface area (TPSA) is 27.7 Å². The largest absolute Gasteiger partial charge is 0.454 e. The zero-order chi connectivity index (χ0) is 15.9. The third-order valence-corrected chi connectivity index (χ3v) is 5.10. The first-order valence-corrected chi connectivity index (χ1v) is 8.08. The lowest BCUT2D eigenvalue weighted by atomic mass is 10.1. The van der Waals surface area contributed by atoms with Gasteiger partial charge in [0.05, 0.1) is 18.2 Å². The zero-order valence-corrected chi connectivity index (χ0v) is 14.4. The normalized spacial score (nSPS) is 24.2. The highest BCUT2D eigenvalue weighted by molar-refractivity contribution is 6.31. The second-order valence-electron chi connectivity index (χ2n) is 7.01. The summed E-state index contributed by atoms with van der Waals surface area (Å²) in [6, 6.07) is 3.71. The molecular formula is C18H23ClO3. The molecule has 2 atom stereocenters. The van der Waals surface area contributed by atoms with Gasteiger partial charge in [0.2, 0.25) is 6.79 Å². The molecule has 0 amide bonds. The highest BCUT2D eigenvalue weighted by Gasteiger charge is 2.55. The van der Waals surface area contributed by atoms with E-state index in [1.54, 1.807) is 6.07 Å². The molecule has 0 spiro atoms. The summed E-state index contributed by atoms with van der Waals surface area (Å²) in [5, 5.41) is 0.667. The lowest BCUT2D eigenvalue weighted by Gasteiger charge is -2.08. The average Bonchev–Trinajstić information content (AvgIpc) is 2.78. The first kappa shape index (κ1) is 15.7. The Hall–Kier alpha value is -1.19. The van der Waals surface area contributed by atoms with E-state index >= 15 is 0 Å². The fourth-order valence-electron chi connectivity index (χ4n) is 3.16. The third-order valence-electron chi connectivity index (χ3n) is 4.75. The van der Waals surface area contributed by atoms with Crippen molar-refractivity contribution in [3.63, 3.8) is 0 Å². The van der Waals surface area contributed by atoms with Crippen molar-refractivity contribution in [1.29, 1.82) is 0 Å². The van der Waals surface area contributed by atoms with Crippen molar-refractivity contribution in [2.75, 3.05) is 13.4 Å². The summed E-state index contributed by atoms with van der Waals surface area (Å²) in [6.45, 7) is 10.4. The lowest BCUT2D eigenvalue weighted by molar-refractivity contribution is 0.102. The van der Waals surface area contributed by atoms with Crippen molar-refractivity contribution in [2.45, 2.75) is 34.3 Å². The van der Waals surface area contributed by atoms with Gasteiger partial charge in [0, 0.05) is 11.6 Å². The lowest BCUT2D eigenvalue weighted by Crippen LogP contribution is -2.02. The van der Waals surface area contributed by atoms with Crippen LogP contribution in [0.4, 0.5) is 0 Å². The molecule has 120 valence electrons. The van der Waals surface area contributed by atoms with Crippen LogP contribution >= 0.6 is 11.6 Å². The van der Waals surface area contributed by atoms with Crippen LogP contribution in [0.15, 0.2) is 23.8 Å². The molecule has 3 nitrogen and oxygen atoms in total. The Morgan fingerprint density at radius 1 is 1.32 bits per heavy atom. The number of ether oxygens (including phenoxy) is 3. The highest BCUT2D eigenvalue weighted by atomic mass is 35.5. The summed E-state index contributed by atoms with van der Waals surface area (Å²) < 4.78 is 16.6. The monoisotopic (exact) mass is 322 g/mol. The summed E-state index contributed by atoms with van der Waals surface area (Å²) in [4.78, 5) is 0. The Labute approximate surface area is 137 Å². The Bertz CT molecular complexity index is 603. The van der Waals surface area contributed by atoms with Crippen LogP contribution in [0.25, 0.3) is 0 Å². The molecule has 1 aliphatic heterocycles. The molecule has 0 aromatic heterocycles. The van der Waals surface area contributed by atoms with E-state index < -0.39 is 0 Å². The van der Waals surface area contributed by atoms with Crippen molar-refractivity contribution in [3.8, 4) is 11.5 Å². The first-order valence-electron chi connectivity index (χ1n) is 7.70. The van der Waals surface area contributed by atoms with Gasteiger partial charge in [-0.05, 0) is 37.2 Å². The van der Waals surface area contributed by atoms with E-state index in [1.807, 2.05) is 6.07 Å². The zero-order valence-electron chi connectivity index (χ0n) is 13.6. The molecule has 0 radical (unpaired) electrons. The van der Waals surface area contributed by atoms with E-state index in [0.29, 0.717) is 34.6 Å². The van der Waals surface area contributed by atoms with Gasteiger partial charge in [-0.2, -0.15) is 0 Å². The fourth-order valence-corrected chi connectivity index (χ4v) is 3.37. The number of halogens is 1. The molecule has 2 aliphatic rings. The van der Waals surface area contributed by atoms with Crippen LogP contribution in [0, 0.1) is 17.3 Å². The quantitative estimate of drug-likeness (QED) is 0.727. The molecule has 1 heterocycles. The van der Waals surface area contributed by atoms with E-state index in [-0.39, 0.29) is 6.79 Å². The minimum atomic E-state index is 0.261. The minimum Gasteiger partial charge on any atom is -0.454 e. The smallest absolute Gasteiger partial charge is 0.231 e. The van der Waals surface area contributed by atoms with Gasteiger partial charge >= 0.3 is 0 Å². The van der Waals surface area contributed by atoms with Crippen molar-refractivity contribution < 1.29 is 14.2 Å². The van der Waals surface area contributed by atoms with Gasteiger partial charge in [-0.1, -0.05) is 37.1 Å². The maximum atomic E-state index is 6.27. The van der Waals surface area contributed by atoms with Crippen LogP contribution in [-0.4, -0.2) is 13.4 Å². The minimum absolute atomic E-state index is 0.261. The molecule has 1 aromatic carbocycles. The van der Waals surface area contributed by atoms with Crippen molar-refractivity contribution >= 4 is 11.6 Å². The maximum Gasteiger partial charge on any atom is 0.231 e. The summed E-state index contributed by atoms with van der Waals surface area (Å²) in [5.41, 5.74) is 2.65. The Kier molecular flexibility index (Phi) is 4.13. The number of hydrogen-bond acceptors (Lipinski definition) is 3. The van der Waals surface area contributed by atoms with Crippen LogP contribution in [0.5, 0.6) is 11.5 Å². The van der Waals surface area contributed by atoms with Crippen molar-refractivity contribution in [1.82, 2.24) is 0 Å². The molecule has 1 aliphatic carbocycles. The molecular weight excluding hydrogens is 300 g/mol. The van der Waals surface area contributed by atoms with Gasteiger partial charge in [-0.15, -0.1) is 0 Å². The number of allylic oxidation sites excluding steroid dienone is 2. The Morgan fingerprint density at radius 2 is 2.00 bits per heavy atom. The SMILES string of the molecule is CC(C)=CC1C(COCc2cc3c(cc2Cl)OCO3)C1(C)C. The predicted molar refractivity (Wildman–Crippen MR) is 87.4 cm³/mol. The van der Waals surface area contributed by atoms with Crippen LogP contribution in [0.3, 0.4) is 0 Å². The standard InChI is InChI=1S/C18H23ClO3/c1-11(2)5-13-14(18(13,3)4)9-20-8-12-6-16-17(7-15(12)19)22-10-21-16/h5-7,13-14H,8-10H2,1-4H3. The summed E-state index contributed by atoms with van der Waals surface area (Å²) in [6.07, 6.45) is 2.36. The van der Waals surface area contributed by atoms with Gasteiger partial charge in [-0.25, -0.2) is 0 Å². The van der Waals surface area contributed by atoms with Crippen LogP contribution in [-0.2, 0) is 11.3 Å². The molecule has 2 unspecified atom stereocenters. The third kappa shape index (κ3) is 2.97. The summed E-state index contributed by atoms with van der Waals surface area (Å²) >= 11 is 6.27. The number of benzene rings is 1. The molecule has 4 heteroatoms. The molecule has 0 saturated heterocycles. The van der Waals surface area contributed by atoms with E-state index in [1.165, 1.54) is 5.57 Å². The summed E-state index contributed by atoms with van der Waals surface area (Å²) in [5.74, 6) is 2.65. The highest BCUT2D eigenvalue weighted by Crippen LogP contribution is 2.59.